The smallest absolute Gasteiger partial charge is 0.333 e. The summed E-state index contributed by atoms with van der Waals surface area (Å²) < 4.78 is 3.29. The first kappa shape index (κ1) is 21.3. The summed E-state index contributed by atoms with van der Waals surface area (Å²) in [7, 11) is 0. The van der Waals surface area contributed by atoms with E-state index in [4.69, 9.17) is 39.5 Å². The van der Waals surface area contributed by atoms with Crippen LogP contribution < -0.4 is 5.32 Å². The predicted molar refractivity (Wildman–Crippen MR) is 109 cm³/mol. The molecule has 0 aliphatic carbocycles. The Morgan fingerprint density at radius 2 is 1.93 bits per heavy atom. The van der Waals surface area contributed by atoms with Crippen molar-refractivity contribution in [1.29, 1.82) is 0 Å². The van der Waals surface area contributed by atoms with Gasteiger partial charge in [0.15, 0.2) is 6.04 Å². The lowest BCUT2D eigenvalue weighted by Crippen LogP contribution is -2.73. The number of carbonyl (C=O) groups is 3. The second-order valence-electron chi connectivity index (χ2n) is 6.41. The summed E-state index contributed by atoms with van der Waals surface area (Å²) in [5.74, 6) is -1.29. The molecule has 1 aromatic carbocycles. The van der Waals surface area contributed by atoms with Crippen LogP contribution in [0.15, 0.2) is 41.3 Å². The minimum Gasteiger partial charge on any atom is -0.459 e. The average molecular weight is 464 g/mol. The van der Waals surface area contributed by atoms with Crippen LogP contribution in [0.4, 0.5) is 0 Å². The fourth-order valence-electron chi connectivity index (χ4n) is 3.00. The van der Waals surface area contributed by atoms with Gasteiger partial charge >= 0.3 is 5.97 Å². The number of rotatable bonds is 5. The van der Waals surface area contributed by atoms with E-state index in [0.717, 1.165) is 10.5 Å². The van der Waals surface area contributed by atoms with Gasteiger partial charge in [-0.3, -0.25) is 9.59 Å². The van der Waals surface area contributed by atoms with Crippen LogP contribution in [0.25, 0.3) is 0 Å². The van der Waals surface area contributed by atoms with Gasteiger partial charge in [0.05, 0.1) is 6.42 Å². The summed E-state index contributed by atoms with van der Waals surface area (Å²) in [6.07, 6.45) is 1.80. The molecule has 0 bridgehead atoms. The van der Waals surface area contributed by atoms with E-state index in [1.807, 2.05) is 37.3 Å². The molecule has 0 spiro atoms. The quantitative estimate of drug-likeness (QED) is 0.413. The molecule has 10 heteroatoms. The number of nitrogens with zero attached hydrogens (tertiary/aromatic N) is 1. The highest BCUT2D eigenvalue weighted by Crippen LogP contribution is 2.41. The molecule has 6 nitrogen and oxygen atoms in total. The molecule has 2 aliphatic heterocycles. The first-order valence-electron chi connectivity index (χ1n) is 8.39. The summed E-state index contributed by atoms with van der Waals surface area (Å²) in [5.41, 5.74) is 0.851. The van der Waals surface area contributed by atoms with E-state index in [-0.39, 0.29) is 23.6 Å². The maximum Gasteiger partial charge on any atom is 0.333 e. The molecular weight excluding hydrogens is 447 g/mol. The Hall–Kier alpha value is -1.41. The van der Waals surface area contributed by atoms with E-state index >= 15 is 0 Å². The molecule has 2 heterocycles. The molecule has 0 saturated carbocycles. The number of ether oxygens (including phenoxy) is 1. The summed E-state index contributed by atoms with van der Waals surface area (Å²) in [4.78, 5) is 39.5. The lowest BCUT2D eigenvalue weighted by Gasteiger charge is -2.51. The van der Waals surface area contributed by atoms with Crippen molar-refractivity contribution in [3.8, 4) is 0 Å². The molecular formula is C18H17Cl3N2O4S. The molecule has 2 unspecified atom stereocenters. The van der Waals surface area contributed by atoms with E-state index in [9.17, 15) is 14.4 Å². The van der Waals surface area contributed by atoms with Gasteiger partial charge in [-0.15, -0.1) is 11.8 Å². The predicted octanol–water partition coefficient (Wildman–Crippen LogP) is 2.81. The van der Waals surface area contributed by atoms with E-state index in [1.54, 1.807) is 6.08 Å². The Bertz CT molecular complexity index is 813. The van der Waals surface area contributed by atoms with Crippen molar-refractivity contribution in [2.24, 2.45) is 0 Å². The van der Waals surface area contributed by atoms with E-state index in [0.29, 0.717) is 0 Å². The van der Waals surface area contributed by atoms with Gasteiger partial charge in [0, 0.05) is 0 Å². The highest BCUT2D eigenvalue weighted by atomic mass is 35.6. The Morgan fingerprint density at radius 1 is 1.25 bits per heavy atom. The molecule has 1 fully saturated rings. The Balaban J connectivity index is 1.63. The van der Waals surface area contributed by atoms with Crippen molar-refractivity contribution in [2.75, 3.05) is 6.61 Å². The van der Waals surface area contributed by atoms with E-state index < -0.39 is 28.5 Å². The molecule has 3 atom stereocenters. The number of nitrogens with one attached hydrogen (secondary N) is 1. The Labute approximate surface area is 181 Å². The monoisotopic (exact) mass is 462 g/mol. The molecule has 0 radical (unpaired) electrons. The molecule has 2 amide bonds. The number of amides is 2. The van der Waals surface area contributed by atoms with Crippen molar-refractivity contribution in [3.05, 3.63) is 46.9 Å². The van der Waals surface area contributed by atoms with Crippen LogP contribution in [0.1, 0.15) is 12.5 Å². The average Bonchev–Trinajstić information content (AvgIpc) is 2.63. The van der Waals surface area contributed by atoms with E-state index in [2.05, 4.69) is 5.32 Å². The van der Waals surface area contributed by atoms with Gasteiger partial charge in [-0.25, -0.2) is 4.79 Å². The third kappa shape index (κ3) is 4.95. The summed E-state index contributed by atoms with van der Waals surface area (Å²) >= 11 is 18.2. The molecule has 0 aromatic heterocycles. The third-order valence-corrected chi connectivity index (χ3v) is 5.80. The number of hydrogen-bond acceptors (Lipinski definition) is 5. The minimum atomic E-state index is -1.73. The minimum absolute atomic E-state index is 0.172. The maximum atomic E-state index is 12.6. The Morgan fingerprint density at radius 3 is 2.57 bits per heavy atom. The van der Waals surface area contributed by atoms with E-state index in [1.165, 1.54) is 16.7 Å². The molecule has 1 N–H and O–H groups in total. The molecule has 3 rings (SSSR count). The second-order valence-corrected chi connectivity index (χ2v) is 10.3. The first-order valence-corrected chi connectivity index (χ1v) is 10.4. The number of thioether (sulfide) groups is 1. The van der Waals surface area contributed by atoms with Crippen molar-refractivity contribution in [1.82, 2.24) is 10.2 Å². The SMILES string of the molecule is CC1=CC(C(=O)OCC(Cl)(Cl)Cl)N2C(=O)C(NC(=O)Cc3ccccc3)[C@H]2S1. The van der Waals surface area contributed by atoms with Crippen LogP contribution in [-0.4, -0.2) is 50.5 Å². The standard InChI is InChI=1S/C18H17Cl3N2O4S/c1-10-7-12(17(26)27-9-18(19,20)21)23-15(25)14(16(23)28-10)22-13(24)8-11-5-3-2-4-6-11/h2-7,12,14,16H,8-9H2,1H3,(H,22,24)/t12?,14?,16-/m1/s1. The van der Waals surface area contributed by atoms with Gasteiger partial charge in [0.2, 0.25) is 15.6 Å². The number of β-lactam (4-membered cyclic amide) rings is 1. The largest absolute Gasteiger partial charge is 0.459 e. The summed E-state index contributed by atoms with van der Waals surface area (Å²) in [6.45, 7) is 1.40. The zero-order valence-electron chi connectivity index (χ0n) is 14.7. The van der Waals surface area contributed by atoms with Crippen LogP contribution in [-0.2, 0) is 25.5 Å². The van der Waals surface area contributed by atoms with Gasteiger partial charge in [0.25, 0.3) is 0 Å². The number of halogens is 3. The number of esters is 1. The highest BCUT2D eigenvalue weighted by Gasteiger charge is 2.55. The van der Waals surface area contributed by atoms with Crippen molar-refractivity contribution < 1.29 is 19.1 Å². The van der Waals surface area contributed by atoms with Crippen LogP contribution in [0.5, 0.6) is 0 Å². The summed E-state index contributed by atoms with van der Waals surface area (Å²) in [5, 5.41) is 2.37. The number of hydrogen-bond donors (Lipinski definition) is 1. The van der Waals surface area contributed by atoms with Crippen molar-refractivity contribution >= 4 is 64.3 Å². The van der Waals surface area contributed by atoms with Crippen molar-refractivity contribution in [2.45, 2.75) is 34.6 Å². The number of allylic oxidation sites excluding steroid dienone is 1. The number of benzene rings is 1. The lowest BCUT2D eigenvalue weighted by atomic mass is 10.0. The fraction of sp³-hybridized carbons (Fsp3) is 0.389. The normalized spacial score (nSPS) is 24.0. The molecule has 2 aliphatic rings. The summed E-state index contributed by atoms with van der Waals surface area (Å²) in [6, 6.07) is 7.63. The second kappa shape index (κ2) is 8.53. The number of carbonyl (C=O) groups excluding carboxylic acids is 3. The fourth-order valence-corrected chi connectivity index (χ4v) is 4.42. The molecule has 28 heavy (non-hydrogen) atoms. The molecule has 150 valence electrons. The van der Waals surface area contributed by atoms with Gasteiger partial charge in [0.1, 0.15) is 18.0 Å². The van der Waals surface area contributed by atoms with Gasteiger partial charge in [-0.1, -0.05) is 65.1 Å². The van der Waals surface area contributed by atoms with Gasteiger partial charge < -0.3 is 15.0 Å². The van der Waals surface area contributed by atoms with Gasteiger partial charge in [-0.05, 0) is 23.5 Å². The number of fused-ring (bicyclic) bond motifs is 1. The zero-order valence-corrected chi connectivity index (χ0v) is 17.8. The lowest BCUT2D eigenvalue weighted by molar-refractivity contribution is -0.162. The zero-order chi connectivity index (χ0) is 20.5. The maximum absolute atomic E-state index is 12.6. The van der Waals surface area contributed by atoms with Crippen LogP contribution in [0.3, 0.4) is 0 Å². The van der Waals surface area contributed by atoms with Crippen LogP contribution in [0.2, 0.25) is 0 Å². The molecule has 1 aromatic rings. The third-order valence-electron chi connectivity index (χ3n) is 4.22. The van der Waals surface area contributed by atoms with Crippen LogP contribution >= 0.6 is 46.6 Å². The number of alkyl halides is 3. The first-order chi connectivity index (χ1) is 13.2. The topological polar surface area (TPSA) is 75.7 Å². The van der Waals surface area contributed by atoms with Crippen molar-refractivity contribution in [3.63, 3.8) is 0 Å². The van der Waals surface area contributed by atoms with Gasteiger partial charge in [-0.2, -0.15) is 0 Å². The van der Waals surface area contributed by atoms with Crippen LogP contribution in [0, 0.1) is 0 Å². The highest BCUT2D eigenvalue weighted by molar-refractivity contribution is 8.03. The molecule has 1 saturated heterocycles. The Kier molecular flexibility index (Phi) is 6.49.